The number of esters is 2. The number of hydrogen-bond donors (Lipinski definition) is 1. The van der Waals surface area contributed by atoms with Crippen molar-refractivity contribution in [1.29, 1.82) is 0 Å². The number of carbonyl (C=O) groups excluding carboxylic acids is 2. The summed E-state index contributed by atoms with van der Waals surface area (Å²) >= 11 is 0. The normalized spacial score (nSPS) is 13.3. The van der Waals surface area contributed by atoms with Gasteiger partial charge in [-0.2, -0.15) is 0 Å². The summed E-state index contributed by atoms with van der Waals surface area (Å²) in [7, 11) is 5.51. The van der Waals surface area contributed by atoms with Crippen molar-refractivity contribution in [3.05, 3.63) is 36.5 Å². The zero-order chi connectivity index (χ0) is 38.5. The summed E-state index contributed by atoms with van der Waals surface area (Å²) in [6, 6.07) is -0.615. The van der Waals surface area contributed by atoms with E-state index in [4.69, 9.17) is 14.2 Å². The van der Waals surface area contributed by atoms with E-state index in [9.17, 15) is 19.5 Å². The lowest BCUT2D eigenvalue weighted by molar-refractivity contribution is -0.887. The van der Waals surface area contributed by atoms with Crippen molar-refractivity contribution in [2.24, 2.45) is 0 Å². The lowest BCUT2D eigenvalue weighted by Gasteiger charge is -2.31. The Hall–Kier alpha value is -2.45. The van der Waals surface area contributed by atoms with Crippen LogP contribution in [0.25, 0.3) is 0 Å². The van der Waals surface area contributed by atoms with Gasteiger partial charge < -0.3 is 23.8 Å². The Bertz CT molecular complexity index is 953. The van der Waals surface area contributed by atoms with Gasteiger partial charge in [-0.25, -0.2) is 4.79 Å². The highest BCUT2D eigenvalue weighted by Gasteiger charge is 2.31. The third-order valence-corrected chi connectivity index (χ3v) is 9.26. The fourth-order valence-corrected chi connectivity index (χ4v) is 5.92. The van der Waals surface area contributed by atoms with Crippen molar-refractivity contribution >= 4 is 17.9 Å². The number of likely N-dealkylation sites (N-methyl/N-ethyl adjacent to an activating group) is 1. The lowest BCUT2D eigenvalue weighted by atomic mass is 10.1. The molecule has 52 heavy (non-hydrogen) atoms. The van der Waals surface area contributed by atoms with Gasteiger partial charge in [-0.1, -0.05) is 127 Å². The van der Waals surface area contributed by atoms with Crippen molar-refractivity contribution in [3.8, 4) is 0 Å². The topological polar surface area (TPSA) is 99.1 Å². The molecular weight excluding hydrogens is 654 g/mol. The molecule has 0 saturated heterocycles. The number of aliphatic carboxylic acids is 1. The molecule has 1 N–H and O–H groups in total. The Kier molecular flexibility index (Phi) is 33.9. The lowest BCUT2D eigenvalue weighted by Crippen LogP contribution is -2.50. The summed E-state index contributed by atoms with van der Waals surface area (Å²) in [5, 5.41) is 9.60. The van der Waals surface area contributed by atoms with Crippen LogP contribution in [0.15, 0.2) is 36.5 Å². The van der Waals surface area contributed by atoms with Gasteiger partial charge in [-0.3, -0.25) is 9.59 Å². The minimum atomic E-state index is -0.878. The number of hydrogen-bond acceptors (Lipinski definition) is 6. The molecule has 0 aliphatic heterocycles. The molecule has 0 amide bonds. The Morgan fingerprint density at radius 2 is 1.04 bits per heavy atom. The van der Waals surface area contributed by atoms with E-state index in [-0.39, 0.29) is 36.2 Å². The Morgan fingerprint density at radius 3 is 1.56 bits per heavy atom. The van der Waals surface area contributed by atoms with Gasteiger partial charge in [0.2, 0.25) is 0 Å². The second kappa shape index (κ2) is 35.6. The molecule has 8 nitrogen and oxygen atoms in total. The molecule has 0 aliphatic rings. The van der Waals surface area contributed by atoms with E-state index in [1.165, 1.54) is 77.0 Å². The molecule has 0 radical (unpaired) electrons. The SMILES string of the molecule is CCCC/C=C\CCCCCCCC(=O)OCC(COCCC(C(=O)O)[N+](C)(C)C)OC(=O)CCCCCCCCC/C=C\C/C=C\CCCCC. The molecule has 0 aromatic heterocycles. The maximum Gasteiger partial charge on any atom is 0.362 e. The minimum Gasteiger partial charge on any atom is -0.477 e. The fourth-order valence-electron chi connectivity index (χ4n) is 5.92. The first kappa shape index (κ1) is 49.6. The summed E-state index contributed by atoms with van der Waals surface area (Å²) in [6.07, 6.45) is 38.9. The molecule has 0 spiro atoms. The van der Waals surface area contributed by atoms with E-state index in [1.54, 1.807) is 0 Å². The number of nitrogens with zero attached hydrogens (tertiary/aromatic N) is 1. The van der Waals surface area contributed by atoms with Crippen LogP contribution in [0.5, 0.6) is 0 Å². The molecule has 0 bridgehead atoms. The van der Waals surface area contributed by atoms with Crippen LogP contribution >= 0.6 is 0 Å². The van der Waals surface area contributed by atoms with Gasteiger partial charge in [0.05, 0.1) is 34.4 Å². The highest BCUT2D eigenvalue weighted by Crippen LogP contribution is 2.13. The number of carboxylic acids is 1. The molecule has 0 rings (SSSR count). The molecular formula is C44H80NO7+. The van der Waals surface area contributed by atoms with Crippen LogP contribution in [0.2, 0.25) is 0 Å². The van der Waals surface area contributed by atoms with Gasteiger partial charge in [0.15, 0.2) is 12.1 Å². The maximum atomic E-state index is 12.7. The molecule has 0 aliphatic carbocycles. The second-order valence-electron chi connectivity index (χ2n) is 15.2. The van der Waals surface area contributed by atoms with Crippen LogP contribution in [-0.4, -0.2) is 80.6 Å². The molecule has 2 atom stereocenters. The first-order chi connectivity index (χ1) is 25.1. The number of quaternary nitrogens is 1. The first-order valence-electron chi connectivity index (χ1n) is 21.0. The first-order valence-corrected chi connectivity index (χ1v) is 21.0. The smallest absolute Gasteiger partial charge is 0.362 e. The quantitative estimate of drug-likeness (QED) is 0.0293. The van der Waals surface area contributed by atoms with Crippen molar-refractivity contribution in [2.45, 2.75) is 187 Å². The Labute approximate surface area is 319 Å². The molecule has 302 valence electrons. The van der Waals surface area contributed by atoms with Crippen LogP contribution in [0, 0.1) is 0 Å². The largest absolute Gasteiger partial charge is 0.477 e. The zero-order valence-electron chi connectivity index (χ0n) is 34.3. The molecule has 8 heteroatoms. The summed E-state index contributed by atoms with van der Waals surface area (Å²) < 4.78 is 17.2. The van der Waals surface area contributed by atoms with Crippen molar-refractivity contribution in [3.63, 3.8) is 0 Å². The summed E-state index contributed by atoms with van der Waals surface area (Å²) in [5.41, 5.74) is 0. The number of carboxylic acid groups (broad SMARTS) is 1. The van der Waals surface area contributed by atoms with E-state index in [0.29, 0.717) is 19.3 Å². The Balaban J connectivity index is 4.38. The number of ether oxygens (including phenoxy) is 3. The summed E-state index contributed by atoms with van der Waals surface area (Å²) in [5.74, 6) is -1.49. The third-order valence-electron chi connectivity index (χ3n) is 9.26. The van der Waals surface area contributed by atoms with Crippen molar-refractivity contribution in [1.82, 2.24) is 0 Å². The predicted octanol–water partition coefficient (Wildman–Crippen LogP) is 11.1. The highest BCUT2D eigenvalue weighted by molar-refractivity contribution is 5.72. The van der Waals surface area contributed by atoms with E-state index >= 15 is 0 Å². The van der Waals surface area contributed by atoms with Crippen LogP contribution in [0.3, 0.4) is 0 Å². The number of allylic oxidation sites excluding steroid dienone is 6. The monoisotopic (exact) mass is 735 g/mol. The maximum absolute atomic E-state index is 12.7. The molecule has 0 fully saturated rings. The number of carbonyl (C=O) groups is 3. The van der Waals surface area contributed by atoms with Crippen LogP contribution in [0.1, 0.15) is 174 Å². The van der Waals surface area contributed by atoms with E-state index in [1.807, 2.05) is 21.1 Å². The number of rotatable bonds is 37. The molecule has 0 aromatic rings. The summed E-state index contributed by atoms with van der Waals surface area (Å²) in [6.45, 7) is 4.65. The highest BCUT2D eigenvalue weighted by atomic mass is 16.6. The van der Waals surface area contributed by atoms with Gasteiger partial charge in [0, 0.05) is 19.3 Å². The van der Waals surface area contributed by atoms with Crippen LogP contribution in [-0.2, 0) is 28.6 Å². The molecule has 0 heterocycles. The van der Waals surface area contributed by atoms with Gasteiger partial charge in [0.25, 0.3) is 0 Å². The molecule has 0 saturated carbocycles. The Morgan fingerprint density at radius 1 is 0.577 bits per heavy atom. The van der Waals surface area contributed by atoms with Gasteiger partial charge >= 0.3 is 17.9 Å². The molecule has 2 unspecified atom stereocenters. The average molecular weight is 735 g/mol. The van der Waals surface area contributed by atoms with Gasteiger partial charge in [-0.05, 0) is 64.2 Å². The van der Waals surface area contributed by atoms with E-state index < -0.39 is 18.1 Å². The summed E-state index contributed by atoms with van der Waals surface area (Å²) in [4.78, 5) is 36.9. The van der Waals surface area contributed by atoms with Crippen molar-refractivity contribution in [2.75, 3.05) is 41.0 Å². The zero-order valence-corrected chi connectivity index (χ0v) is 34.3. The second-order valence-corrected chi connectivity index (χ2v) is 15.2. The van der Waals surface area contributed by atoms with E-state index in [0.717, 1.165) is 64.2 Å². The van der Waals surface area contributed by atoms with Crippen LogP contribution in [0.4, 0.5) is 0 Å². The standard InChI is InChI=1S/C44H79NO7/c1-6-8-10-12-14-16-18-19-20-21-22-23-25-27-29-31-33-35-43(47)52-40(38-50-37-36-41(44(48)49)45(3,4)5)39-51-42(46)34-32-30-28-26-24-17-15-13-11-9-7-2/h13-16,19-20,40-41H,6-12,17-18,21-39H2,1-5H3/p+1/b15-13-,16-14-,20-19-. The van der Waals surface area contributed by atoms with E-state index in [2.05, 4.69) is 50.3 Å². The average Bonchev–Trinajstić information content (AvgIpc) is 3.09. The number of unbranched alkanes of at least 4 members (excludes halogenated alkanes) is 17. The third kappa shape index (κ3) is 33.4. The molecule has 0 aromatic carbocycles. The van der Waals surface area contributed by atoms with Gasteiger partial charge in [0.1, 0.15) is 6.61 Å². The van der Waals surface area contributed by atoms with Crippen molar-refractivity contribution < 1.29 is 38.2 Å². The van der Waals surface area contributed by atoms with Crippen LogP contribution < -0.4 is 0 Å². The van der Waals surface area contributed by atoms with Gasteiger partial charge in [-0.15, -0.1) is 0 Å². The fraction of sp³-hybridized carbons (Fsp3) is 0.795. The minimum absolute atomic E-state index is 0.0559. The predicted molar refractivity (Wildman–Crippen MR) is 215 cm³/mol.